The van der Waals surface area contributed by atoms with Crippen molar-refractivity contribution in [3.8, 4) is 0 Å². The van der Waals surface area contributed by atoms with E-state index in [9.17, 15) is 14.0 Å². The van der Waals surface area contributed by atoms with Crippen LogP contribution in [0.1, 0.15) is 32.6 Å². The number of carbonyl (C=O) groups is 2. The fraction of sp³-hybridized carbons (Fsp3) is 0.333. The summed E-state index contributed by atoms with van der Waals surface area (Å²) in [6, 6.07) is 10.8. The van der Waals surface area contributed by atoms with Crippen LogP contribution in [-0.2, 0) is 11.3 Å². The van der Waals surface area contributed by atoms with Gasteiger partial charge in [0.15, 0.2) is 0 Å². The minimum Gasteiger partial charge on any atom is -0.335 e. The summed E-state index contributed by atoms with van der Waals surface area (Å²) in [4.78, 5) is 28.2. The molecule has 5 heteroatoms. The standard InChI is InChI=1S/C21H23FN2O2/c1-14-4-5-18(19(22)11-14)21(26)24-7-6-23(20(25)13-24)12-17-9-15(2)8-16(3)10-17/h4-5,8-11H,6-7,12-13H2,1-3H3. The first-order valence-electron chi connectivity index (χ1n) is 8.74. The maximum atomic E-state index is 14.0. The third-order valence-electron chi connectivity index (χ3n) is 4.62. The summed E-state index contributed by atoms with van der Waals surface area (Å²) in [6.45, 7) is 7.20. The third kappa shape index (κ3) is 3.93. The molecule has 2 aromatic carbocycles. The predicted octanol–water partition coefficient (Wildman–Crippen LogP) is 3.24. The number of nitrogens with zero attached hydrogens (tertiary/aromatic N) is 2. The highest BCUT2D eigenvalue weighted by Gasteiger charge is 2.29. The van der Waals surface area contributed by atoms with Crippen LogP contribution < -0.4 is 0 Å². The van der Waals surface area contributed by atoms with Gasteiger partial charge in [0.05, 0.1) is 5.56 Å². The Morgan fingerprint density at radius 3 is 2.31 bits per heavy atom. The van der Waals surface area contributed by atoms with Gasteiger partial charge >= 0.3 is 0 Å². The van der Waals surface area contributed by atoms with Crippen molar-refractivity contribution < 1.29 is 14.0 Å². The topological polar surface area (TPSA) is 40.6 Å². The van der Waals surface area contributed by atoms with E-state index in [0.717, 1.165) is 22.3 Å². The molecule has 0 aliphatic carbocycles. The van der Waals surface area contributed by atoms with Crippen molar-refractivity contribution in [2.45, 2.75) is 27.3 Å². The molecule has 1 heterocycles. The summed E-state index contributed by atoms with van der Waals surface area (Å²) in [7, 11) is 0. The minimum atomic E-state index is -0.542. The van der Waals surface area contributed by atoms with Crippen molar-refractivity contribution in [1.82, 2.24) is 9.80 Å². The van der Waals surface area contributed by atoms with Crippen molar-refractivity contribution in [2.24, 2.45) is 0 Å². The lowest BCUT2D eigenvalue weighted by Crippen LogP contribution is -2.51. The summed E-state index contributed by atoms with van der Waals surface area (Å²) in [5, 5.41) is 0. The van der Waals surface area contributed by atoms with Crippen LogP contribution in [0.15, 0.2) is 36.4 Å². The first kappa shape index (κ1) is 18.1. The Morgan fingerprint density at radius 1 is 1.00 bits per heavy atom. The van der Waals surface area contributed by atoms with Crippen LogP contribution in [0.4, 0.5) is 4.39 Å². The summed E-state index contributed by atoms with van der Waals surface area (Å²) >= 11 is 0. The van der Waals surface area contributed by atoms with Crippen LogP contribution in [0.2, 0.25) is 0 Å². The first-order valence-corrected chi connectivity index (χ1v) is 8.74. The normalized spacial score (nSPS) is 14.7. The molecule has 136 valence electrons. The number of aryl methyl sites for hydroxylation is 3. The highest BCUT2D eigenvalue weighted by molar-refractivity contribution is 5.97. The molecule has 0 aromatic heterocycles. The molecule has 0 radical (unpaired) electrons. The molecule has 2 amide bonds. The number of carbonyl (C=O) groups excluding carboxylic acids is 2. The van der Waals surface area contributed by atoms with E-state index >= 15 is 0 Å². The molecule has 3 rings (SSSR count). The van der Waals surface area contributed by atoms with Gasteiger partial charge in [-0.2, -0.15) is 0 Å². The smallest absolute Gasteiger partial charge is 0.257 e. The molecule has 26 heavy (non-hydrogen) atoms. The number of piperazine rings is 1. The van der Waals surface area contributed by atoms with Crippen molar-refractivity contribution in [3.63, 3.8) is 0 Å². The van der Waals surface area contributed by atoms with Crippen molar-refractivity contribution in [3.05, 3.63) is 70.0 Å². The fourth-order valence-corrected chi connectivity index (χ4v) is 3.39. The van der Waals surface area contributed by atoms with E-state index in [4.69, 9.17) is 0 Å². The zero-order chi connectivity index (χ0) is 18.8. The van der Waals surface area contributed by atoms with Gasteiger partial charge in [0, 0.05) is 19.6 Å². The van der Waals surface area contributed by atoms with Gasteiger partial charge in [0.1, 0.15) is 12.4 Å². The Kier molecular flexibility index (Phi) is 5.07. The van der Waals surface area contributed by atoms with Gasteiger partial charge in [0.2, 0.25) is 5.91 Å². The number of hydrogen-bond acceptors (Lipinski definition) is 2. The van der Waals surface area contributed by atoms with Crippen LogP contribution in [0, 0.1) is 26.6 Å². The quantitative estimate of drug-likeness (QED) is 0.849. The van der Waals surface area contributed by atoms with Gasteiger partial charge in [0.25, 0.3) is 5.91 Å². The van der Waals surface area contributed by atoms with E-state index < -0.39 is 11.7 Å². The van der Waals surface area contributed by atoms with E-state index in [1.807, 2.05) is 13.8 Å². The maximum Gasteiger partial charge on any atom is 0.257 e. The first-order chi connectivity index (χ1) is 12.3. The van der Waals surface area contributed by atoms with Crippen LogP contribution in [0.5, 0.6) is 0 Å². The largest absolute Gasteiger partial charge is 0.335 e. The average Bonchev–Trinajstić information content (AvgIpc) is 2.55. The van der Waals surface area contributed by atoms with Gasteiger partial charge in [-0.1, -0.05) is 35.4 Å². The van der Waals surface area contributed by atoms with E-state index in [1.165, 1.54) is 17.0 Å². The lowest BCUT2D eigenvalue weighted by molar-refractivity contribution is -0.135. The molecular weight excluding hydrogens is 331 g/mol. The summed E-state index contributed by atoms with van der Waals surface area (Å²) in [5.74, 6) is -1.08. The maximum absolute atomic E-state index is 14.0. The average molecular weight is 354 g/mol. The molecule has 1 fully saturated rings. The van der Waals surface area contributed by atoms with Crippen molar-refractivity contribution in [2.75, 3.05) is 19.6 Å². The summed E-state index contributed by atoms with van der Waals surface area (Å²) in [5.41, 5.74) is 4.19. The second-order valence-corrected chi connectivity index (χ2v) is 7.02. The van der Waals surface area contributed by atoms with Crippen LogP contribution >= 0.6 is 0 Å². The second kappa shape index (κ2) is 7.28. The second-order valence-electron chi connectivity index (χ2n) is 7.02. The number of amides is 2. The van der Waals surface area contributed by atoms with E-state index in [2.05, 4.69) is 18.2 Å². The van der Waals surface area contributed by atoms with E-state index in [1.54, 1.807) is 17.9 Å². The van der Waals surface area contributed by atoms with Gasteiger partial charge in [-0.05, 0) is 44.0 Å². The highest BCUT2D eigenvalue weighted by Crippen LogP contribution is 2.17. The molecular formula is C21H23FN2O2. The van der Waals surface area contributed by atoms with Gasteiger partial charge < -0.3 is 9.80 Å². The SMILES string of the molecule is Cc1cc(C)cc(CN2CCN(C(=O)c3ccc(C)cc3F)CC2=O)c1. The predicted molar refractivity (Wildman–Crippen MR) is 98.4 cm³/mol. The number of halogens is 1. The monoisotopic (exact) mass is 354 g/mol. The molecule has 1 aliphatic rings. The molecule has 0 bridgehead atoms. The van der Waals surface area contributed by atoms with Crippen molar-refractivity contribution in [1.29, 1.82) is 0 Å². The van der Waals surface area contributed by atoms with Gasteiger partial charge in [-0.15, -0.1) is 0 Å². The molecule has 0 unspecified atom stereocenters. The Bertz CT molecular complexity index is 843. The zero-order valence-corrected chi connectivity index (χ0v) is 15.4. The third-order valence-corrected chi connectivity index (χ3v) is 4.62. The molecule has 0 atom stereocenters. The highest BCUT2D eigenvalue weighted by atomic mass is 19.1. The van der Waals surface area contributed by atoms with Crippen molar-refractivity contribution >= 4 is 11.8 Å². The lowest BCUT2D eigenvalue weighted by Gasteiger charge is -2.34. The molecule has 2 aromatic rings. The van der Waals surface area contributed by atoms with Crippen LogP contribution in [0.25, 0.3) is 0 Å². The molecule has 0 spiro atoms. The van der Waals surface area contributed by atoms with E-state index in [-0.39, 0.29) is 18.0 Å². The fourth-order valence-electron chi connectivity index (χ4n) is 3.39. The molecule has 1 aliphatic heterocycles. The minimum absolute atomic E-state index is 0.0169. The van der Waals surface area contributed by atoms with E-state index in [0.29, 0.717) is 19.6 Å². The van der Waals surface area contributed by atoms with Crippen LogP contribution in [-0.4, -0.2) is 41.2 Å². The molecule has 4 nitrogen and oxygen atoms in total. The number of rotatable bonds is 3. The Hall–Kier alpha value is -2.69. The Morgan fingerprint density at radius 2 is 1.69 bits per heavy atom. The lowest BCUT2D eigenvalue weighted by atomic mass is 10.1. The summed E-state index contributed by atoms with van der Waals surface area (Å²) in [6.07, 6.45) is 0. The number of benzene rings is 2. The molecule has 0 saturated carbocycles. The van der Waals surface area contributed by atoms with Gasteiger partial charge in [-0.25, -0.2) is 4.39 Å². The van der Waals surface area contributed by atoms with Crippen LogP contribution in [0.3, 0.4) is 0 Å². The number of hydrogen-bond donors (Lipinski definition) is 0. The Balaban J connectivity index is 1.68. The van der Waals surface area contributed by atoms with Gasteiger partial charge in [-0.3, -0.25) is 9.59 Å². The zero-order valence-electron chi connectivity index (χ0n) is 15.4. The Labute approximate surface area is 153 Å². The molecule has 1 saturated heterocycles. The molecule has 0 N–H and O–H groups in total. The summed E-state index contributed by atoms with van der Waals surface area (Å²) < 4.78 is 14.0.